The third-order valence-corrected chi connectivity index (χ3v) is 2.59. The van der Waals surface area contributed by atoms with Gasteiger partial charge in [-0.1, -0.05) is 17.3 Å². The van der Waals surface area contributed by atoms with Crippen molar-refractivity contribution in [2.75, 3.05) is 6.54 Å². The van der Waals surface area contributed by atoms with Gasteiger partial charge in [0.1, 0.15) is 5.82 Å². The summed E-state index contributed by atoms with van der Waals surface area (Å²) in [5, 5.41) is 13.9. The predicted octanol–water partition coefficient (Wildman–Crippen LogP) is 2.35. The van der Waals surface area contributed by atoms with Gasteiger partial charge in [0, 0.05) is 24.1 Å². The number of rotatable bonds is 6. The van der Waals surface area contributed by atoms with Gasteiger partial charge in [-0.3, -0.25) is 0 Å². The van der Waals surface area contributed by atoms with E-state index < -0.39 is 18.4 Å². The molecule has 0 radical (unpaired) electrons. The number of oxime groups is 1. The molecule has 8 heteroatoms. The maximum Gasteiger partial charge on any atom is 0.389 e. The Bertz CT molecular complexity index is 474. The van der Waals surface area contributed by atoms with E-state index in [0.29, 0.717) is 5.56 Å². The van der Waals surface area contributed by atoms with Crippen LogP contribution in [0, 0.1) is 5.82 Å². The molecule has 0 amide bonds. The van der Waals surface area contributed by atoms with Gasteiger partial charge in [0.05, 0.1) is 0 Å². The minimum atomic E-state index is -4.17. The smallest absolute Gasteiger partial charge is 0.389 e. The number of nitrogens with one attached hydrogen (secondary N) is 1. The van der Waals surface area contributed by atoms with Gasteiger partial charge in [0.25, 0.3) is 0 Å². The first kappa shape index (κ1) is 16.2. The molecule has 0 spiro atoms. The van der Waals surface area contributed by atoms with Crippen LogP contribution in [0.1, 0.15) is 24.0 Å². The van der Waals surface area contributed by atoms with Crippen LogP contribution in [0.2, 0.25) is 0 Å². The second kappa shape index (κ2) is 7.09. The quantitative estimate of drug-likeness (QED) is 0.188. The van der Waals surface area contributed by atoms with Gasteiger partial charge < -0.3 is 16.3 Å². The molecule has 1 aromatic rings. The first-order valence-corrected chi connectivity index (χ1v) is 5.87. The van der Waals surface area contributed by atoms with Gasteiger partial charge >= 0.3 is 6.18 Å². The Morgan fingerprint density at radius 3 is 2.60 bits per heavy atom. The molecule has 1 aromatic carbocycles. The fourth-order valence-corrected chi connectivity index (χ4v) is 1.54. The number of hydrogen-bond acceptors (Lipinski definition) is 3. The lowest BCUT2D eigenvalue weighted by atomic mass is 10.1. The molecule has 4 N–H and O–H groups in total. The SMILES string of the molecule is N/C(=N/O)c1ccc(CNCCCC(F)(F)F)c(F)c1. The number of nitrogens with zero attached hydrogens (tertiary/aromatic N) is 1. The predicted molar refractivity (Wildman–Crippen MR) is 65.9 cm³/mol. The van der Waals surface area contributed by atoms with E-state index in [1.807, 2.05) is 0 Å². The molecular weight excluding hydrogens is 278 g/mol. The molecular formula is C12H15F4N3O. The molecule has 0 unspecified atom stereocenters. The Hall–Kier alpha value is -1.83. The number of hydrogen-bond donors (Lipinski definition) is 3. The summed E-state index contributed by atoms with van der Waals surface area (Å²) >= 11 is 0. The van der Waals surface area contributed by atoms with E-state index >= 15 is 0 Å². The van der Waals surface area contributed by atoms with Crippen LogP contribution in [-0.4, -0.2) is 23.8 Å². The molecule has 0 bridgehead atoms. The number of benzene rings is 1. The third-order valence-electron chi connectivity index (χ3n) is 2.59. The Kier molecular flexibility index (Phi) is 5.75. The van der Waals surface area contributed by atoms with Gasteiger partial charge in [-0.15, -0.1) is 0 Å². The summed E-state index contributed by atoms with van der Waals surface area (Å²) in [5.74, 6) is -0.786. The summed E-state index contributed by atoms with van der Waals surface area (Å²) in [6.07, 6.45) is -5.10. The Balaban J connectivity index is 2.45. The number of nitrogens with two attached hydrogens (primary N) is 1. The van der Waals surface area contributed by atoms with E-state index in [1.165, 1.54) is 12.1 Å². The zero-order valence-electron chi connectivity index (χ0n) is 10.5. The molecule has 0 atom stereocenters. The Morgan fingerprint density at radius 2 is 2.05 bits per heavy atom. The summed E-state index contributed by atoms with van der Waals surface area (Å²) in [4.78, 5) is 0. The summed E-state index contributed by atoms with van der Waals surface area (Å²) in [5.41, 5.74) is 5.83. The van der Waals surface area contributed by atoms with Crippen molar-refractivity contribution in [1.29, 1.82) is 0 Å². The van der Waals surface area contributed by atoms with Crippen molar-refractivity contribution < 1.29 is 22.8 Å². The molecule has 0 aliphatic rings. The average Bonchev–Trinajstić information content (AvgIpc) is 2.37. The molecule has 0 aliphatic heterocycles. The average molecular weight is 293 g/mol. The molecule has 20 heavy (non-hydrogen) atoms. The lowest BCUT2D eigenvalue weighted by Crippen LogP contribution is -2.19. The van der Waals surface area contributed by atoms with Crippen molar-refractivity contribution in [2.24, 2.45) is 10.9 Å². The lowest BCUT2D eigenvalue weighted by Gasteiger charge is -2.08. The topological polar surface area (TPSA) is 70.6 Å². The van der Waals surface area contributed by atoms with Gasteiger partial charge in [-0.05, 0) is 19.0 Å². The van der Waals surface area contributed by atoms with Crippen molar-refractivity contribution in [3.8, 4) is 0 Å². The second-order valence-electron chi connectivity index (χ2n) is 4.19. The van der Waals surface area contributed by atoms with Crippen LogP contribution in [0.5, 0.6) is 0 Å². The zero-order chi connectivity index (χ0) is 15.2. The van der Waals surface area contributed by atoms with Crippen LogP contribution >= 0.6 is 0 Å². The van der Waals surface area contributed by atoms with Crippen molar-refractivity contribution in [3.05, 3.63) is 35.1 Å². The molecule has 1 rings (SSSR count). The monoisotopic (exact) mass is 293 g/mol. The molecule has 0 fully saturated rings. The summed E-state index contributed by atoms with van der Waals surface area (Å²) in [6, 6.07) is 3.99. The van der Waals surface area contributed by atoms with Crippen LogP contribution in [0.4, 0.5) is 17.6 Å². The van der Waals surface area contributed by atoms with Crippen molar-refractivity contribution >= 4 is 5.84 Å². The molecule has 0 saturated heterocycles. The van der Waals surface area contributed by atoms with E-state index in [-0.39, 0.29) is 30.9 Å². The van der Waals surface area contributed by atoms with Crippen LogP contribution in [0.3, 0.4) is 0 Å². The van der Waals surface area contributed by atoms with E-state index in [9.17, 15) is 17.6 Å². The lowest BCUT2D eigenvalue weighted by molar-refractivity contribution is -0.135. The molecule has 0 saturated carbocycles. The van der Waals surface area contributed by atoms with Crippen LogP contribution < -0.4 is 11.1 Å². The number of halogens is 4. The maximum atomic E-state index is 13.6. The maximum absolute atomic E-state index is 13.6. The first-order valence-electron chi connectivity index (χ1n) is 5.87. The first-order chi connectivity index (χ1) is 9.33. The number of amidine groups is 1. The number of alkyl halides is 3. The normalized spacial score (nSPS) is 12.7. The second-order valence-corrected chi connectivity index (χ2v) is 4.19. The van der Waals surface area contributed by atoms with E-state index in [0.717, 1.165) is 6.07 Å². The highest BCUT2D eigenvalue weighted by Crippen LogP contribution is 2.20. The van der Waals surface area contributed by atoms with Crippen LogP contribution in [-0.2, 0) is 6.54 Å². The van der Waals surface area contributed by atoms with Crippen LogP contribution in [0.25, 0.3) is 0 Å². The van der Waals surface area contributed by atoms with Crippen LogP contribution in [0.15, 0.2) is 23.4 Å². The highest BCUT2D eigenvalue weighted by Gasteiger charge is 2.25. The molecule has 0 heterocycles. The Morgan fingerprint density at radius 1 is 1.35 bits per heavy atom. The molecule has 4 nitrogen and oxygen atoms in total. The van der Waals surface area contributed by atoms with Crippen molar-refractivity contribution in [3.63, 3.8) is 0 Å². The van der Waals surface area contributed by atoms with Crippen molar-refractivity contribution in [1.82, 2.24) is 5.32 Å². The minimum absolute atomic E-state index is 0.0622. The van der Waals surface area contributed by atoms with Gasteiger partial charge in [0.15, 0.2) is 5.84 Å². The van der Waals surface area contributed by atoms with Gasteiger partial charge in [0.2, 0.25) is 0 Å². The van der Waals surface area contributed by atoms with E-state index in [2.05, 4.69) is 10.5 Å². The summed E-state index contributed by atoms with van der Waals surface area (Å²) in [7, 11) is 0. The van der Waals surface area contributed by atoms with Gasteiger partial charge in [-0.25, -0.2) is 4.39 Å². The fourth-order valence-electron chi connectivity index (χ4n) is 1.54. The minimum Gasteiger partial charge on any atom is -0.409 e. The summed E-state index contributed by atoms with van der Waals surface area (Å²) < 4.78 is 49.3. The van der Waals surface area contributed by atoms with Crippen molar-refractivity contribution in [2.45, 2.75) is 25.6 Å². The van der Waals surface area contributed by atoms with E-state index in [1.54, 1.807) is 0 Å². The Labute approximate surface area is 113 Å². The molecule has 112 valence electrons. The fraction of sp³-hybridized carbons (Fsp3) is 0.417. The highest BCUT2D eigenvalue weighted by molar-refractivity contribution is 5.97. The standard InChI is InChI=1S/C12H15F4N3O/c13-10-6-8(11(17)19-20)2-3-9(10)7-18-5-1-4-12(14,15)16/h2-3,6,18,20H,1,4-5,7H2,(H2,17,19). The van der Waals surface area contributed by atoms with E-state index in [4.69, 9.17) is 10.9 Å². The highest BCUT2D eigenvalue weighted by atomic mass is 19.4. The largest absolute Gasteiger partial charge is 0.409 e. The summed E-state index contributed by atoms with van der Waals surface area (Å²) in [6.45, 7) is 0.251. The third kappa shape index (κ3) is 5.43. The molecule has 0 aliphatic carbocycles. The molecule has 0 aromatic heterocycles. The van der Waals surface area contributed by atoms with Gasteiger partial charge in [-0.2, -0.15) is 13.2 Å². The zero-order valence-corrected chi connectivity index (χ0v) is 10.5.